The maximum Gasteiger partial charge on any atom is 0.307 e. The fraction of sp³-hybridized carbons (Fsp3) is 0.643. The van der Waals surface area contributed by atoms with E-state index >= 15 is 0 Å². The molecule has 1 atom stereocenters. The molecule has 5 heteroatoms. The number of carbonyl (C=O) groups excluding carboxylic acids is 1. The topological polar surface area (TPSA) is 44.8 Å². The Labute approximate surface area is 116 Å². The number of rotatable bonds is 9. The SMILES string of the molecule is CCOC(=O)CCN(C)/C=C/N(C)C(C)/C=C/NC. The standard InChI is InChI=1S/C14H27N3O2/c1-6-19-14(18)8-10-16(4)11-12-17(5)13(2)7-9-15-3/h7,9,11-13,15H,6,8,10H2,1-5H3/b9-7+,12-11+. The highest BCUT2D eigenvalue weighted by atomic mass is 16.5. The van der Waals surface area contributed by atoms with E-state index in [4.69, 9.17) is 4.74 Å². The molecule has 0 aromatic rings. The number of esters is 1. The van der Waals surface area contributed by atoms with Gasteiger partial charge in [-0.15, -0.1) is 0 Å². The number of ether oxygens (including phenoxy) is 1. The van der Waals surface area contributed by atoms with Crippen LogP contribution >= 0.6 is 0 Å². The van der Waals surface area contributed by atoms with Crippen LogP contribution in [0.3, 0.4) is 0 Å². The molecule has 0 aliphatic rings. The fourth-order valence-corrected chi connectivity index (χ4v) is 1.30. The lowest BCUT2D eigenvalue weighted by atomic mass is 10.3. The highest BCUT2D eigenvalue weighted by Gasteiger charge is 2.03. The Hall–Kier alpha value is -1.65. The lowest BCUT2D eigenvalue weighted by molar-refractivity contribution is -0.143. The Bertz CT molecular complexity index is 303. The van der Waals surface area contributed by atoms with Crippen LogP contribution in [0, 0.1) is 0 Å². The van der Waals surface area contributed by atoms with E-state index in [2.05, 4.69) is 23.2 Å². The fourth-order valence-electron chi connectivity index (χ4n) is 1.30. The zero-order chi connectivity index (χ0) is 14.7. The molecule has 0 spiro atoms. The van der Waals surface area contributed by atoms with Crippen LogP contribution in [0.25, 0.3) is 0 Å². The number of hydrogen-bond donors (Lipinski definition) is 1. The van der Waals surface area contributed by atoms with Crippen molar-refractivity contribution < 1.29 is 9.53 Å². The zero-order valence-electron chi connectivity index (χ0n) is 12.7. The first-order valence-electron chi connectivity index (χ1n) is 6.61. The van der Waals surface area contributed by atoms with Crippen molar-refractivity contribution in [3.05, 3.63) is 24.7 Å². The van der Waals surface area contributed by atoms with E-state index < -0.39 is 0 Å². The van der Waals surface area contributed by atoms with Gasteiger partial charge in [0.15, 0.2) is 0 Å². The first-order chi connectivity index (χ1) is 9.01. The number of nitrogens with zero attached hydrogens (tertiary/aromatic N) is 2. The number of nitrogens with one attached hydrogen (secondary N) is 1. The van der Waals surface area contributed by atoms with E-state index in [9.17, 15) is 4.79 Å². The molecule has 0 radical (unpaired) electrons. The molecule has 0 rings (SSSR count). The summed E-state index contributed by atoms with van der Waals surface area (Å²) in [6.07, 6.45) is 8.36. The molecule has 1 unspecified atom stereocenters. The summed E-state index contributed by atoms with van der Waals surface area (Å²) >= 11 is 0. The van der Waals surface area contributed by atoms with Crippen LogP contribution in [0.15, 0.2) is 24.7 Å². The number of hydrogen-bond acceptors (Lipinski definition) is 5. The van der Waals surface area contributed by atoms with E-state index in [1.54, 1.807) is 0 Å². The molecule has 0 amide bonds. The van der Waals surface area contributed by atoms with Crippen LogP contribution in [0.5, 0.6) is 0 Å². The molecule has 19 heavy (non-hydrogen) atoms. The summed E-state index contributed by atoms with van der Waals surface area (Å²) in [5.74, 6) is -0.151. The van der Waals surface area contributed by atoms with Crippen molar-refractivity contribution in [2.45, 2.75) is 26.3 Å². The maximum atomic E-state index is 11.2. The van der Waals surface area contributed by atoms with Gasteiger partial charge in [0, 0.05) is 46.1 Å². The van der Waals surface area contributed by atoms with Gasteiger partial charge in [-0.25, -0.2) is 0 Å². The second kappa shape index (κ2) is 10.3. The Morgan fingerprint density at radius 3 is 2.63 bits per heavy atom. The van der Waals surface area contributed by atoms with Gasteiger partial charge in [-0.1, -0.05) is 0 Å². The van der Waals surface area contributed by atoms with Gasteiger partial charge in [0.25, 0.3) is 0 Å². The summed E-state index contributed by atoms with van der Waals surface area (Å²) in [7, 11) is 5.83. The van der Waals surface area contributed by atoms with E-state index in [0.29, 0.717) is 25.6 Å². The molecular formula is C14H27N3O2. The Kier molecular flexibility index (Phi) is 9.40. The quantitative estimate of drug-likeness (QED) is 0.641. The van der Waals surface area contributed by atoms with Crippen molar-refractivity contribution in [3.8, 4) is 0 Å². The van der Waals surface area contributed by atoms with E-state index in [0.717, 1.165) is 0 Å². The van der Waals surface area contributed by atoms with Crippen molar-refractivity contribution in [1.82, 2.24) is 15.1 Å². The molecule has 110 valence electrons. The van der Waals surface area contributed by atoms with Crippen LogP contribution < -0.4 is 5.32 Å². The Balaban J connectivity index is 4.03. The predicted octanol–water partition coefficient (Wildman–Crippen LogP) is 1.40. The largest absolute Gasteiger partial charge is 0.466 e. The highest BCUT2D eigenvalue weighted by molar-refractivity contribution is 5.69. The molecule has 0 bridgehead atoms. The molecule has 0 heterocycles. The molecular weight excluding hydrogens is 242 g/mol. The molecule has 0 aromatic carbocycles. The minimum Gasteiger partial charge on any atom is -0.466 e. The first kappa shape index (κ1) is 17.4. The number of likely N-dealkylation sites (N-methyl/N-ethyl adjacent to an activating group) is 1. The monoisotopic (exact) mass is 269 g/mol. The molecule has 0 saturated heterocycles. The smallest absolute Gasteiger partial charge is 0.307 e. The van der Waals surface area contributed by atoms with Crippen molar-refractivity contribution in [2.75, 3.05) is 34.3 Å². The van der Waals surface area contributed by atoms with E-state index in [1.165, 1.54) is 0 Å². The molecule has 5 nitrogen and oxygen atoms in total. The third kappa shape index (κ3) is 8.99. The van der Waals surface area contributed by atoms with Gasteiger partial charge in [0.2, 0.25) is 0 Å². The second-order valence-electron chi connectivity index (χ2n) is 4.39. The normalized spacial score (nSPS) is 12.7. The molecule has 0 aliphatic carbocycles. The van der Waals surface area contributed by atoms with Crippen molar-refractivity contribution >= 4 is 5.97 Å². The van der Waals surface area contributed by atoms with Crippen LogP contribution in [0.1, 0.15) is 20.3 Å². The third-order valence-corrected chi connectivity index (χ3v) is 2.71. The average Bonchev–Trinajstić information content (AvgIpc) is 2.40. The third-order valence-electron chi connectivity index (χ3n) is 2.71. The Morgan fingerprint density at radius 2 is 2.05 bits per heavy atom. The minimum atomic E-state index is -0.151. The second-order valence-corrected chi connectivity index (χ2v) is 4.39. The average molecular weight is 269 g/mol. The predicted molar refractivity (Wildman–Crippen MR) is 78.4 cm³/mol. The molecule has 0 fully saturated rings. The highest BCUT2D eigenvalue weighted by Crippen LogP contribution is 1.99. The molecule has 0 aromatic heterocycles. The summed E-state index contributed by atoms with van der Waals surface area (Å²) in [5.41, 5.74) is 0. The van der Waals surface area contributed by atoms with Gasteiger partial charge < -0.3 is 19.9 Å². The van der Waals surface area contributed by atoms with Crippen LogP contribution in [-0.2, 0) is 9.53 Å². The van der Waals surface area contributed by atoms with Crippen molar-refractivity contribution in [1.29, 1.82) is 0 Å². The van der Waals surface area contributed by atoms with E-state index in [-0.39, 0.29) is 5.97 Å². The van der Waals surface area contributed by atoms with Gasteiger partial charge >= 0.3 is 5.97 Å². The number of carbonyl (C=O) groups is 1. The van der Waals surface area contributed by atoms with Crippen molar-refractivity contribution in [2.24, 2.45) is 0 Å². The summed E-state index contributed by atoms with van der Waals surface area (Å²) < 4.78 is 4.88. The molecule has 1 N–H and O–H groups in total. The zero-order valence-corrected chi connectivity index (χ0v) is 12.7. The van der Waals surface area contributed by atoms with Crippen LogP contribution in [0.4, 0.5) is 0 Å². The molecule has 0 saturated carbocycles. The van der Waals surface area contributed by atoms with Gasteiger partial charge in [-0.2, -0.15) is 0 Å². The summed E-state index contributed by atoms with van der Waals surface area (Å²) in [6.45, 7) is 5.02. The van der Waals surface area contributed by atoms with Gasteiger partial charge in [0.05, 0.1) is 13.0 Å². The summed E-state index contributed by atoms with van der Waals surface area (Å²) in [4.78, 5) is 15.3. The van der Waals surface area contributed by atoms with E-state index in [1.807, 2.05) is 51.6 Å². The van der Waals surface area contributed by atoms with Gasteiger partial charge in [-0.3, -0.25) is 4.79 Å². The maximum absolute atomic E-state index is 11.2. The van der Waals surface area contributed by atoms with Crippen molar-refractivity contribution in [3.63, 3.8) is 0 Å². The van der Waals surface area contributed by atoms with Gasteiger partial charge in [-0.05, 0) is 26.1 Å². The van der Waals surface area contributed by atoms with Crippen LogP contribution in [-0.4, -0.2) is 56.1 Å². The van der Waals surface area contributed by atoms with Gasteiger partial charge in [0.1, 0.15) is 0 Å². The Morgan fingerprint density at radius 1 is 1.37 bits per heavy atom. The minimum absolute atomic E-state index is 0.151. The molecule has 0 aliphatic heterocycles. The lowest BCUT2D eigenvalue weighted by Gasteiger charge is -2.21. The summed E-state index contributed by atoms with van der Waals surface area (Å²) in [5, 5.41) is 2.97. The van der Waals surface area contributed by atoms with Crippen LogP contribution in [0.2, 0.25) is 0 Å². The lowest BCUT2D eigenvalue weighted by Crippen LogP contribution is -2.24. The summed E-state index contributed by atoms with van der Waals surface area (Å²) in [6, 6.07) is 0.308. The first-order valence-corrected chi connectivity index (χ1v) is 6.61.